The lowest BCUT2D eigenvalue weighted by molar-refractivity contribution is 0.349. The van der Waals surface area contributed by atoms with Crippen molar-refractivity contribution in [2.75, 3.05) is 17.8 Å². The molecule has 0 atom stereocenters. The van der Waals surface area contributed by atoms with Crippen LogP contribution in [0.1, 0.15) is 19.3 Å². The van der Waals surface area contributed by atoms with Crippen LogP contribution in [0, 0.1) is 0 Å². The van der Waals surface area contributed by atoms with Gasteiger partial charge >= 0.3 is 10.2 Å². The molecule has 0 aliphatic carbocycles. The van der Waals surface area contributed by atoms with Gasteiger partial charge in [0.1, 0.15) is 0 Å². The molecule has 0 spiro atoms. The highest BCUT2D eigenvalue weighted by Crippen LogP contribution is 2.27. The van der Waals surface area contributed by atoms with E-state index in [0.717, 1.165) is 23.7 Å². The Labute approximate surface area is 121 Å². The minimum Gasteiger partial charge on any atom is -0.269 e. The van der Waals surface area contributed by atoms with Gasteiger partial charge in [-0.3, -0.25) is 4.72 Å². The third-order valence-corrected chi connectivity index (χ3v) is 5.17. The van der Waals surface area contributed by atoms with Crippen LogP contribution in [-0.2, 0) is 10.2 Å². The van der Waals surface area contributed by atoms with Crippen molar-refractivity contribution in [3.63, 3.8) is 0 Å². The van der Waals surface area contributed by atoms with Crippen molar-refractivity contribution >= 4 is 43.4 Å². The summed E-state index contributed by atoms with van der Waals surface area (Å²) in [6.45, 7) is 1.14. The highest BCUT2D eigenvalue weighted by Gasteiger charge is 2.24. The van der Waals surface area contributed by atoms with Crippen LogP contribution in [-0.4, -0.2) is 25.8 Å². The molecule has 0 saturated carbocycles. The van der Waals surface area contributed by atoms with Crippen LogP contribution < -0.4 is 4.72 Å². The van der Waals surface area contributed by atoms with E-state index >= 15 is 0 Å². The molecule has 1 fully saturated rings. The van der Waals surface area contributed by atoms with Crippen LogP contribution in [0.15, 0.2) is 22.7 Å². The van der Waals surface area contributed by atoms with Crippen LogP contribution in [0.4, 0.5) is 5.69 Å². The molecule has 1 heterocycles. The highest BCUT2D eigenvalue weighted by molar-refractivity contribution is 9.10. The number of rotatable bonds is 3. The summed E-state index contributed by atoms with van der Waals surface area (Å²) in [5, 5.41) is 0.388. The summed E-state index contributed by atoms with van der Waals surface area (Å²) in [6, 6.07) is 5.07. The number of hydrogen-bond donors (Lipinski definition) is 1. The summed E-state index contributed by atoms with van der Waals surface area (Å²) >= 11 is 9.27. The largest absolute Gasteiger partial charge is 0.301 e. The van der Waals surface area contributed by atoms with E-state index in [-0.39, 0.29) is 0 Å². The normalized spacial score (nSPS) is 17.7. The van der Waals surface area contributed by atoms with E-state index in [1.165, 1.54) is 4.31 Å². The van der Waals surface area contributed by atoms with Crippen LogP contribution in [0.2, 0.25) is 5.02 Å². The van der Waals surface area contributed by atoms with Gasteiger partial charge in [0.05, 0.1) is 10.7 Å². The Hall–Kier alpha value is -0.300. The molecule has 1 N–H and O–H groups in total. The van der Waals surface area contributed by atoms with Crippen molar-refractivity contribution in [1.82, 2.24) is 4.31 Å². The van der Waals surface area contributed by atoms with Crippen LogP contribution in [0.5, 0.6) is 0 Å². The predicted molar refractivity (Wildman–Crippen MR) is 77.1 cm³/mol. The van der Waals surface area contributed by atoms with Crippen LogP contribution in [0.25, 0.3) is 0 Å². The summed E-state index contributed by atoms with van der Waals surface area (Å²) < 4.78 is 29.1. The molecule has 0 amide bonds. The quantitative estimate of drug-likeness (QED) is 0.907. The average Bonchev–Trinajstić information content (AvgIpc) is 2.35. The lowest BCUT2D eigenvalue weighted by Gasteiger charge is -2.26. The van der Waals surface area contributed by atoms with Gasteiger partial charge in [0.15, 0.2) is 0 Å². The van der Waals surface area contributed by atoms with Gasteiger partial charge in [0.2, 0.25) is 0 Å². The summed E-state index contributed by atoms with van der Waals surface area (Å²) in [5.41, 5.74) is 0.400. The van der Waals surface area contributed by atoms with Gasteiger partial charge in [0, 0.05) is 17.6 Å². The predicted octanol–water partition coefficient (Wildman–Crippen LogP) is 3.25. The Balaban J connectivity index is 2.18. The molecule has 1 aliphatic rings. The third-order valence-electron chi connectivity index (χ3n) is 2.82. The highest BCUT2D eigenvalue weighted by atomic mass is 79.9. The van der Waals surface area contributed by atoms with Crippen molar-refractivity contribution in [2.45, 2.75) is 19.3 Å². The molecule has 7 heteroatoms. The van der Waals surface area contributed by atoms with Gasteiger partial charge in [-0.05, 0) is 31.0 Å². The summed E-state index contributed by atoms with van der Waals surface area (Å²) in [7, 11) is -3.50. The van der Waals surface area contributed by atoms with E-state index < -0.39 is 10.2 Å². The van der Waals surface area contributed by atoms with Gasteiger partial charge in [-0.15, -0.1) is 0 Å². The molecule has 1 aromatic carbocycles. The second-order valence-electron chi connectivity index (χ2n) is 4.19. The first kappa shape index (κ1) is 14.1. The molecule has 2 rings (SSSR count). The number of hydrogen-bond acceptors (Lipinski definition) is 2. The molecule has 1 aromatic rings. The Morgan fingerprint density at radius 1 is 1.22 bits per heavy atom. The Bertz CT molecular complexity index is 530. The number of anilines is 1. The lowest BCUT2D eigenvalue weighted by Crippen LogP contribution is -2.39. The van der Waals surface area contributed by atoms with Crippen molar-refractivity contribution in [3.05, 3.63) is 27.7 Å². The zero-order valence-corrected chi connectivity index (χ0v) is 12.9. The fraction of sp³-hybridized carbons (Fsp3) is 0.455. The molecule has 1 saturated heterocycles. The number of piperidine rings is 1. The maximum absolute atomic E-state index is 12.2. The molecule has 0 bridgehead atoms. The van der Waals surface area contributed by atoms with Gasteiger partial charge in [0.25, 0.3) is 0 Å². The maximum atomic E-state index is 12.2. The first-order valence-corrected chi connectivity index (χ1v) is 8.33. The fourth-order valence-corrected chi connectivity index (χ4v) is 3.78. The van der Waals surface area contributed by atoms with Crippen molar-refractivity contribution in [1.29, 1.82) is 0 Å². The van der Waals surface area contributed by atoms with E-state index in [2.05, 4.69) is 20.7 Å². The number of nitrogens with zero attached hydrogens (tertiary/aromatic N) is 1. The Morgan fingerprint density at radius 3 is 2.56 bits per heavy atom. The molecule has 0 unspecified atom stereocenters. The molecule has 0 aromatic heterocycles. The zero-order valence-electron chi connectivity index (χ0n) is 9.70. The Morgan fingerprint density at radius 2 is 1.89 bits per heavy atom. The molecule has 4 nitrogen and oxygen atoms in total. The van der Waals surface area contributed by atoms with Gasteiger partial charge in [-0.1, -0.05) is 34.0 Å². The van der Waals surface area contributed by atoms with E-state index in [4.69, 9.17) is 11.6 Å². The third kappa shape index (κ3) is 3.38. The van der Waals surface area contributed by atoms with E-state index in [9.17, 15) is 8.42 Å². The lowest BCUT2D eigenvalue weighted by atomic mass is 10.2. The summed E-state index contributed by atoms with van der Waals surface area (Å²) in [5.74, 6) is 0. The van der Waals surface area contributed by atoms with E-state index in [1.807, 2.05) is 0 Å². The number of halogens is 2. The molecule has 100 valence electrons. The average molecular weight is 354 g/mol. The first-order chi connectivity index (χ1) is 8.49. The van der Waals surface area contributed by atoms with Crippen molar-refractivity contribution < 1.29 is 8.42 Å². The van der Waals surface area contributed by atoms with Crippen molar-refractivity contribution in [2.24, 2.45) is 0 Å². The smallest absolute Gasteiger partial charge is 0.269 e. The van der Waals surface area contributed by atoms with Crippen LogP contribution >= 0.6 is 27.5 Å². The van der Waals surface area contributed by atoms with E-state index in [1.54, 1.807) is 18.2 Å². The maximum Gasteiger partial charge on any atom is 0.301 e. The van der Waals surface area contributed by atoms with Crippen molar-refractivity contribution in [3.8, 4) is 0 Å². The number of benzene rings is 1. The number of nitrogens with one attached hydrogen (secondary N) is 1. The molecular weight excluding hydrogens is 340 g/mol. The minimum absolute atomic E-state index is 0.388. The SMILES string of the molecule is O=S(=O)(Nc1cc(Br)ccc1Cl)N1CCCCC1. The molecule has 1 aliphatic heterocycles. The topological polar surface area (TPSA) is 49.4 Å². The monoisotopic (exact) mass is 352 g/mol. The van der Waals surface area contributed by atoms with Gasteiger partial charge in [-0.25, -0.2) is 0 Å². The minimum atomic E-state index is -3.50. The molecular formula is C11H14BrClN2O2S. The second-order valence-corrected chi connectivity index (χ2v) is 7.18. The summed E-state index contributed by atoms with van der Waals surface area (Å²) in [6.07, 6.45) is 2.91. The standard InChI is InChI=1S/C11H14BrClN2O2S/c12-9-4-5-10(13)11(8-9)14-18(16,17)15-6-2-1-3-7-15/h4-5,8,14H,1-3,6-7H2. The second kappa shape index (κ2) is 5.77. The van der Waals surface area contributed by atoms with E-state index in [0.29, 0.717) is 23.8 Å². The molecule has 18 heavy (non-hydrogen) atoms. The van der Waals surface area contributed by atoms with Crippen LogP contribution in [0.3, 0.4) is 0 Å². The van der Waals surface area contributed by atoms with Gasteiger partial charge < -0.3 is 0 Å². The molecule has 0 radical (unpaired) electrons. The summed E-state index contributed by atoms with van der Waals surface area (Å²) in [4.78, 5) is 0. The Kier molecular flexibility index (Phi) is 4.53. The zero-order chi connectivity index (χ0) is 13.2. The fourth-order valence-electron chi connectivity index (χ4n) is 1.88. The van der Waals surface area contributed by atoms with Gasteiger partial charge in [-0.2, -0.15) is 12.7 Å². The first-order valence-electron chi connectivity index (χ1n) is 5.72.